The number of hydrogen-bond donors (Lipinski definition) is 0. The summed E-state index contributed by atoms with van der Waals surface area (Å²) in [5.41, 5.74) is 2.13. The van der Waals surface area contributed by atoms with Gasteiger partial charge in [0, 0.05) is 12.4 Å². The summed E-state index contributed by atoms with van der Waals surface area (Å²) in [7, 11) is 0. The number of pyridine rings is 1. The molecule has 2 heterocycles. The van der Waals surface area contributed by atoms with Crippen LogP contribution in [0.1, 0.15) is 34.5 Å². The first-order valence-electron chi connectivity index (χ1n) is 6.10. The number of rotatable bonds is 4. The van der Waals surface area contributed by atoms with Gasteiger partial charge in [-0.05, 0) is 38.0 Å². The number of aryl methyl sites for hydroxylation is 2. The smallest absolute Gasteiger partial charge is 0.376 e. The van der Waals surface area contributed by atoms with Crippen molar-refractivity contribution in [1.29, 1.82) is 0 Å². The molecule has 0 bridgehead atoms. The Balaban J connectivity index is 2.32. The first kappa shape index (κ1) is 13.2. The number of ether oxygens (including phenoxy) is 1. The molecule has 0 atom stereocenters. The van der Waals surface area contributed by atoms with Crippen LogP contribution in [0.4, 0.5) is 0 Å². The topological polar surface area (TPSA) is 69.9 Å². The maximum Gasteiger partial charge on any atom is 0.376 e. The molecule has 0 amide bonds. The van der Waals surface area contributed by atoms with Crippen LogP contribution in [-0.4, -0.2) is 32.3 Å². The zero-order valence-corrected chi connectivity index (χ0v) is 11.3. The summed E-state index contributed by atoms with van der Waals surface area (Å²) in [6.45, 7) is 6.40. The van der Waals surface area contributed by atoms with Crippen LogP contribution >= 0.6 is 0 Å². The summed E-state index contributed by atoms with van der Waals surface area (Å²) >= 11 is 0. The molecule has 6 nitrogen and oxygen atoms in total. The predicted octanol–water partition coefficient (Wildman–Crippen LogP) is 1.51. The molecule has 6 heteroatoms. The number of carbonyl (C=O) groups excluding carboxylic acids is 1. The average molecular weight is 260 g/mol. The minimum atomic E-state index is -0.449. The molecule has 0 aromatic carbocycles. The Morgan fingerprint density at radius 2 is 2.16 bits per heavy atom. The molecule has 2 aromatic heterocycles. The van der Waals surface area contributed by atoms with E-state index in [9.17, 15) is 4.79 Å². The van der Waals surface area contributed by atoms with Gasteiger partial charge in [-0.1, -0.05) is 0 Å². The molecule has 0 spiro atoms. The summed E-state index contributed by atoms with van der Waals surface area (Å²) in [4.78, 5) is 15.8. The zero-order valence-electron chi connectivity index (χ0n) is 11.3. The minimum Gasteiger partial charge on any atom is -0.460 e. The van der Waals surface area contributed by atoms with E-state index in [0.29, 0.717) is 19.0 Å². The molecule has 100 valence electrons. The van der Waals surface area contributed by atoms with E-state index in [1.54, 1.807) is 23.9 Å². The third-order valence-corrected chi connectivity index (χ3v) is 2.86. The monoisotopic (exact) mass is 260 g/mol. The second-order valence-corrected chi connectivity index (χ2v) is 4.18. The molecule has 0 N–H and O–H groups in total. The molecule has 0 saturated carbocycles. The number of hydrogen-bond acceptors (Lipinski definition) is 5. The average Bonchev–Trinajstić information content (AvgIpc) is 2.74. The highest BCUT2D eigenvalue weighted by molar-refractivity contribution is 5.85. The molecule has 0 radical (unpaired) electrons. The van der Waals surface area contributed by atoms with Crippen molar-refractivity contribution < 1.29 is 9.53 Å². The summed E-state index contributed by atoms with van der Waals surface area (Å²) in [6.07, 6.45) is 3.52. The van der Waals surface area contributed by atoms with Gasteiger partial charge in [-0.15, -0.1) is 10.2 Å². The van der Waals surface area contributed by atoms with Crippen LogP contribution in [0, 0.1) is 13.8 Å². The number of aromatic nitrogens is 4. The van der Waals surface area contributed by atoms with Gasteiger partial charge in [-0.25, -0.2) is 4.79 Å². The van der Waals surface area contributed by atoms with E-state index in [0.717, 1.165) is 11.1 Å². The van der Waals surface area contributed by atoms with E-state index >= 15 is 0 Å². The fourth-order valence-electron chi connectivity index (χ4n) is 1.77. The summed E-state index contributed by atoms with van der Waals surface area (Å²) in [5, 5.41) is 7.83. The highest BCUT2D eigenvalue weighted by Gasteiger charge is 2.18. The number of nitrogens with zero attached hydrogens (tertiary/aromatic N) is 4. The molecule has 2 rings (SSSR count). The summed E-state index contributed by atoms with van der Waals surface area (Å²) in [5.74, 6) is 0.463. The molecule has 0 aliphatic rings. The minimum absolute atomic E-state index is 0.232. The lowest BCUT2D eigenvalue weighted by atomic mass is 10.1. The Hall–Kier alpha value is -2.24. The van der Waals surface area contributed by atoms with Gasteiger partial charge in [0.2, 0.25) is 5.82 Å². The molecular formula is C13H16N4O2. The van der Waals surface area contributed by atoms with Gasteiger partial charge in [-0.3, -0.25) is 4.98 Å². The molecule has 2 aromatic rings. The van der Waals surface area contributed by atoms with Crippen molar-refractivity contribution in [2.45, 2.75) is 27.3 Å². The van der Waals surface area contributed by atoms with Crippen LogP contribution in [-0.2, 0) is 11.3 Å². The van der Waals surface area contributed by atoms with E-state index in [1.807, 2.05) is 19.9 Å². The van der Waals surface area contributed by atoms with E-state index < -0.39 is 5.97 Å². The van der Waals surface area contributed by atoms with E-state index in [-0.39, 0.29) is 5.82 Å². The van der Waals surface area contributed by atoms with Gasteiger partial charge >= 0.3 is 5.97 Å². The zero-order chi connectivity index (χ0) is 13.8. The largest absolute Gasteiger partial charge is 0.460 e. The van der Waals surface area contributed by atoms with Gasteiger partial charge in [0.1, 0.15) is 5.82 Å². The van der Waals surface area contributed by atoms with Crippen molar-refractivity contribution >= 4 is 5.97 Å². The lowest BCUT2D eigenvalue weighted by Crippen LogP contribution is -2.15. The Morgan fingerprint density at radius 1 is 1.37 bits per heavy atom. The van der Waals surface area contributed by atoms with Crippen LogP contribution in [0.25, 0.3) is 0 Å². The Kier molecular flexibility index (Phi) is 3.89. The fraction of sp³-hybridized carbons (Fsp3) is 0.385. The molecule has 0 aliphatic carbocycles. The molecule has 0 fully saturated rings. The van der Waals surface area contributed by atoms with Crippen LogP contribution in [0.5, 0.6) is 0 Å². The molecule has 0 aliphatic heterocycles. The normalized spacial score (nSPS) is 10.5. The number of carbonyl (C=O) groups is 1. The maximum atomic E-state index is 11.8. The first-order chi connectivity index (χ1) is 9.13. The van der Waals surface area contributed by atoms with E-state index in [2.05, 4.69) is 15.2 Å². The highest BCUT2D eigenvalue weighted by Crippen LogP contribution is 2.11. The second kappa shape index (κ2) is 5.60. The predicted molar refractivity (Wildman–Crippen MR) is 68.8 cm³/mol. The van der Waals surface area contributed by atoms with Gasteiger partial charge < -0.3 is 9.30 Å². The number of esters is 1. The highest BCUT2D eigenvalue weighted by atomic mass is 16.5. The van der Waals surface area contributed by atoms with Crippen molar-refractivity contribution in [3.8, 4) is 0 Å². The van der Waals surface area contributed by atoms with Gasteiger partial charge in [-0.2, -0.15) is 0 Å². The van der Waals surface area contributed by atoms with Gasteiger partial charge in [0.05, 0.1) is 13.2 Å². The first-order valence-corrected chi connectivity index (χ1v) is 6.10. The van der Waals surface area contributed by atoms with Crippen molar-refractivity contribution in [2.75, 3.05) is 6.61 Å². The van der Waals surface area contributed by atoms with Crippen molar-refractivity contribution in [3.05, 3.63) is 41.2 Å². The lowest BCUT2D eigenvalue weighted by Gasteiger charge is -2.09. The third-order valence-electron chi connectivity index (χ3n) is 2.86. The van der Waals surface area contributed by atoms with Crippen LogP contribution < -0.4 is 0 Å². The molecular weight excluding hydrogens is 244 g/mol. The molecule has 19 heavy (non-hydrogen) atoms. The lowest BCUT2D eigenvalue weighted by molar-refractivity contribution is 0.0506. The van der Waals surface area contributed by atoms with Crippen LogP contribution in [0.3, 0.4) is 0 Å². The van der Waals surface area contributed by atoms with E-state index in [4.69, 9.17) is 4.74 Å². The SMILES string of the molecule is CCOC(=O)c1nnc(C)n1Cc1ccncc1C. The molecule has 0 unspecified atom stereocenters. The standard InChI is InChI=1S/C13H16N4O2/c1-4-19-13(18)12-16-15-10(3)17(12)8-11-5-6-14-7-9(11)2/h5-7H,4,8H2,1-3H3. The Morgan fingerprint density at radius 3 is 2.84 bits per heavy atom. The van der Waals surface area contributed by atoms with Gasteiger partial charge in [0.15, 0.2) is 0 Å². The second-order valence-electron chi connectivity index (χ2n) is 4.18. The quantitative estimate of drug-likeness (QED) is 0.779. The van der Waals surface area contributed by atoms with Crippen LogP contribution in [0.2, 0.25) is 0 Å². The molecule has 0 saturated heterocycles. The third kappa shape index (κ3) is 2.78. The summed E-state index contributed by atoms with van der Waals surface area (Å²) < 4.78 is 6.73. The fourth-order valence-corrected chi connectivity index (χ4v) is 1.77. The Bertz CT molecular complexity index is 592. The van der Waals surface area contributed by atoms with Crippen LogP contribution in [0.15, 0.2) is 18.5 Å². The summed E-state index contributed by atoms with van der Waals surface area (Å²) in [6, 6.07) is 1.92. The van der Waals surface area contributed by atoms with Crippen molar-refractivity contribution in [2.24, 2.45) is 0 Å². The Labute approximate surface area is 111 Å². The van der Waals surface area contributed by atoms with Crippen molar-refractivity contribution in [3.63, 3.8) is 0 Å². The van der Waals surface area contributed by atoms with E-state index in [1.165, 1.54) is 0 Å². The van der Waals surface area contributed by atoms with Crippen molar-refractivity contribution in [1.82, 2.24) is 19.7 Å². The maximum absolute atomic E-state index is 11.8. The van der Waals surface area contributed by atoms with Gasteiger partial charge in [0.25, 0.3) is 0 Å².